The standard InChI is InChI=1S/C25H25F5N4O2S/c1-13-10-32(2)6-7-33(13)23-17-9-18(25(28,29)30)20(16-5-4-14(26)8-19(16)27)22-21(17)34(24(35)31-23)11-15(37-22)12-36-3/h4-5,8-9,13,15H,6-7,10-12H2,1-3H3/t13-,15-/m0/s1. The number of rotatable bonds is 4. The van der Waals surface area contributed by atoms with Crippen molar-refractivity contribution in [3.05, 3.63) is 51.9 Å². The van der Waals surface area contributed by atoms with Gasteiger partial charge in [0.05, 0.1) is 22.9 Å². The molecule has 3 heterocycles. The number of piperazine rings is 1. The maximum Gasteiger partial charge on any atom is 0.417 e. The number of aromatic nitrogens is 2. The monoisotopic (exact) mass is 540 g/mol. The van der Waals surface area contributed by atoms with Gasteiger partial charge < -0.3 is 14.5 Å². The van der Waals surface area contributed by atoms with E-state index < -0.39 is 39.9 Å². The average Bonchev–Trinajstić information content (AvgIpc) is 2.81. The number of anilines is 1. The lowest BCUT2D eigenvalue weighted by Crippen LogP contribution is -2.51. The third-order valence-corrected chi connectivity index (χ3v) is 8.08. The Morgan fingerprint density at radius 1 is 1.16 bits per heavy atom. The zero-order valence-corrected chi connectivity index (χ0v) is 21.2. The highest BCUT2D eigenvalue weighted by atomic mass is 32.2. The van der Waals surface area contributed by atoms with Crippen LogP contribution in [0.15, 0.2) is 34.0 Å². The van der Waals surface area contributed by atoms with Gasteiger partial charge in [0.2, 0.25) is 0 Å². The molecule has 2 atom stereocenters. The van der Waals surface area contributed by atoms with Crippen LogP contribution in [0.1, 0.15) is 12.5 Å². The lowest BCUT2D eigenvalue weighted by atomic mass is 9.95. The molecule has 2 aliphatic heterocycles. The third-order valence-electron chi connectivity index (χ3n) is 6.83. The SMILES string of the molecule is COC[C@@H]1Cn2c(=O)nc(N3CCN(C)C[C@@H]3C)c3cc(C(F)(F)F)c(-c4ccc(F)cc4F)c(c32)S1. The van der Waals surface area contributed by atoms with Crippen LogP contribution in [0.2, 0.25) is 0 Å². The van der Waals surface area contributed by atoms with Crippen LogP contribution in [-0.4, -0.2) is 66.1 Å². The first-order chi connectivity index (χ1) is 17.5. The molecule has 0 saturated carbocycles. The van der Waals surface area contributed by atoms with Crippen LogP contribution in [0.3, 0.4) is 0 Å². The fourth-order valence-electron chi connectivity index (χ4n) is 5.21. The fraction of sp³-hybridized carbons (Fsp3) is 0.440. The van der Waals surface area contributed by atoms with Crippen molar-refractivity contribution in [3.63, 3.8) is 0 Å². The number of hydrogen-bond acceptors (Lipinski definition) is 6. The summed E-state index contributed by atoms with van der Waals surface area (Å²) in [4.78, 5) is 21.6. The van der Waals surface area contributed by atoms with Crippen LogP contribution in [0.25, 0.3) is 22.0 Å². The van der Waals surface area contributed by atoms with Crippen LogP contribution in [0, 0.1) is 11.6 Å². The molecule has 0 unspecified atom stereocenters. The predicted octanol–water partition coefficient (Wildman–Crippen LogP) is 4.62. The van der Waals surface area contributed by atoms with E-state index in [1.807, 2.05) is 18.9 Å². The van der Waals surface area contributed by atoms with Crippen molar-refractivity contribution < 1.29 is 26.7 Å². The predicted molar refractivity (Wildman–Crippen MR) is 132 cm³/mol. The van der Waals surface area contributed by atoms with Gasteiger partial charge in [0, 0.05) is 66.8 Å². The summed E-state index contributed by atoms with van der Waals surface area (Å²) in [5.41, 5.74) is -2.20. The van der Waals surface area contributed by atoms with E-state index in [1.165, 1.54) is 11.7 Å². The molecule has 3 aromatic rings. The molecule has 0 spiro atoms. The number of hydrogen-bond donors (Lipinski definition) is 0. The molecule has 0 aliphatic carbocycles. The molecular weight excluding hydrogens is 515 g/mol. The van der Waals surface area contributed by atoms with Gasteiger partial charge in [-0.3, -0.25) is 4.57 Å². The van der Waals surface area contributed by atoms with Crippen molar-refractivity contribution >= 4 is 28.5 Å². The zero-order chi connectivity index (χ0) is 26.6. The van der Waals surface area contributed by atoms with Crippen LogP contribution in [0.5, 0.6) is 0 Å². The van der Waals surface area contributed by atoms with E-state index >= 15 is 0 Å². The second-order valence-corrected chi connectivity index (χ2v) is 10.8. The van der Waals surface area contributed by atoms with E-state index in [-0.39, 0.29) is 46.4 Å². The number of ether oxygens (including phenoxy) is 1. The van der Waals surface area contributed by atoms with Gasteiger partial charge in [-0.1, -0.05) is 0 Å². The molecule has 37 heavy (non-hydrogen) atoms. The van der Waals surface area contributed by atoms with Crippen molar-refractivity contribution in [2.75, 3.05) is 45.3 Å². The summed E-state index contributed by atoms with van der Waals surface area (Å²) in [5, 5.41) is -0.243. The Balaban J connectivity index is 1.89. The number of methoxy groups -OCH3 is 1. The number of halogens is 5. The van der Waals surface area contributed by atoms with Gasteiger partial charge in [-0.05, 0) is 32.2 Å². The Labute approximate surface area is 214 Å². The van der Waals surface area contributed by atoms with E-state index in [4.69, 9.17) is 4.74 Å². The van der Waals surface area contributed by atoms with Gasteiger partial charge in [-0.15, -0.1) is 11.8 Å². The average molecular weight is 541 g/mol. The molecule has 2 aliphatic rings. The molecule has 0 N–H and O–H groups in total. The summed E-state index contributed by atoms with van der Waals surface area (Å²) in [6.07, 6.45) is -4.86. The van der Waals surface area contributed by atoms with Gasteiger partial charge in [0.1, 0.15) is 17.5 Å². The summed E-state index contributed by atoms with van der Waals surface area (Å²) >= 11 is 1.10. The van der Waals surface area contributed by atoms with Gasteiger partial charge in [0.15, 0.2) is 0 Å². The summed E-state index contributed by atoms with van der Waals surface area (Å²) in [7, 11) is 3.41. The number of alkyl halides is 3. The molecule has 2 aromatic carbocycles. The highest BCUT2D eigenvalue weighted by Crippen LogP contribution is 2.50. The van der Waals surface area contributed by atoms with Crippen LogP contribution < -0.4 is 10.6 Å². The molecule has 0 amide bonds. The third kappa shape index (κ3) is 4.59. The first-order valence-corrected chi connectivity index (χ1v) is 12.6. The summed E-state index contributed by atoms with van der Waals surface area (Å²) in [6, 6.07) is 3.34. The van der Waals surface area contributed by atoms with Crippen molar-refractivity contribution in [2.45, 2.75) is 35.8 Å². The highest BCUT2D eigenvalue weighted by molar-refractivity contribution is 8.00. The lowest BCUT2D eigenvalue weighted by Gasteiger charge is -2.40. The molecule has 5 rings (SSSR count). The molecule has 1 saturated heterocycles. The Bertz CT molecular complexity index is 1430. The summed E-state index contributed by atoms with van der Waals surface area (Å²) < 4.78 is 79.1. The van der Waals surface area contributed by atoms with Crippen LogP contribution >= 0.6 is 11.8 Å². The lowest BCUT2D eigenvalue weighted by molar-refractivity contribution is -0.137. The van der Waals surface area contributed by atoms with E-state index in [2.05, 4.69) is 9.88 Å². The molecule has 0 radical (unpaired) electrons. The fourth-order valence-corrected chi connectivity index (χ4v) is 6.64. The second kappa shape index (κ2) is 9.55. The Hall–Kier alpha value is -2.70. The van der Waals surface area contributed by atoms with Gasteiger partial charge >= 0.3 is 11.9 Å². The zero-order valence-electron chi connectivity index (χ0n) is 20.4. The number of likely N-dealkylation sites (N-methyl/N-ethyl adjacent to an activating group) is 1. The first kappa shape index (κ1) is 25.9. The van der Waals surface area contributed by atoms with Crippen molar-refractivity contribution in [2.24, 2.45) is 0 Å². The Kier molecular flexibility index (Phi) is 6.70. The maximum atomic E-state index is 15.0. The smallest absolute Gasteiger partial charge is 0.383 e. The summed E-state index contributed by atoms with van der Waals surface area (Å²) in [6.45, 7) is 4.03. The van der Waals surface area contributed by atoms with Gasteiger partial charge in [-0.2, -0.15) is 18.2 Å². The first-order valence-electron chi connectivity index (χ1n) is 11.7. The number of benzene rings is 2. The second-order valence-electron chi connectivity index (χ2n) is 9.47. The molecule has 6 nitrogen and oxygen atoms in total. The topological polar surface area (TPSA) is 50.6 Å². The number of nitrogens with zero attached hydrogens (tertiary/aromatic N) is 4. The summed E-state index contributed by atoms with van der Waals surface area (Å²) in [5.74, 6) is -1.84. The largest absolute Gasteiger partial charge is 0.417 e. The van der Waals surface area contributed by atoms with Crippen LogP contribution in [0.4, 0.5) is 27.8 Å². The molecule has 1 fully saturated rings. The minimum atomic E-state index is -4.86. The van der Waals surface area contributed by atoms with Gasteiger partial charge in [0.25, 0.3) is 0 Å². The quantitative estimate of drug-likeness (QED) is 0.451. The minimum Gasteiger partial charge on any atom is -0.383 e. The van der Waals surface area contributed by atoms with Crippen LogP contribution in [-0.2, 0) is 17.5 Å². The van der Waals surface area contributed by atoms with E-state index in [1.54, 1.807) is 0 Å². The maximum absolute atomic E-state index is 15.0. The molecular formula is C25H25F5N4O2S. The van der Waals surface area contributed by atoms with E-state index in [0.717, 1.165) is 30.0 Å². The van der Waals surface area contributed by atoms with E-state index in [0.29, 0.717) is 25.7 Å². The van der Waals surface area contributed by atoms with Gasteiger partial charge in [-0.25, -0.2) is 13.6 Å². The normalized spacial score (nSPS) is 20.6. The molecule has 1 aromatic heterocycles. The highest BCUT2D eigenvalue weighted by Gasteiger charge is 2.40. The van der Waals surface area contributed by atoms with Crippen molar-refractivity contribution in [1.29, 1.82) is 0 Å². The van der Waals surface area contributed by atoms with Crippen molar-refractivity contribution in [1.82, 2.24) is 14.5 Å². The van der Waals surface area contributed by atoms with E-state index in [9.17, 15) is 26.7 Å². The molecule has 198 valence electrons. The minimum absolute atomic E-state index is 0.103. The Morgan fingerprint density at radius 2 is 1.92 bits per heavy atom. The van der Waals surface area contributed by atoms with Crippen molar-refractivity contribution in [3.8, 4) is 11.1 Å². The molecule has 12 heteroatoms. The molecule has 0 bridgehead atoms. The number of thioether (sulfide) groups is 1. The Morgan fingerprint density at radius 3 is 2.57 bits per heavy atom.